The topological polar surface area (TPSA) is 114 Å². The molecule has 12 heteroatoms. The Morgan fingerprint density at radius 3 is 2.47 bits per heavy atom. The number of nitrogens with one attached hydrogen (secondary N) is 1. The molecular weight excluding hydrogens is 587 g/mol. The molecule has 234 valence electrons. The fourth-order valence-corrected chi connectivity index (χ4v) is 8.84. The van der Waals surface area contributed by atoms with E-state index in [9.17, 15) is 13.2 Å². The maximum absolute atomic E-state index is 13.9. The summed E-state index contributed by atoms with van der Waals surface area (Å²) in [5.41, 5.74) is 1.51. The summed E-state index contributed by atoms with van der Waals surface area (Å²) in [4.78, 5) is 25.9. The minimum absolute atomic E-state index is 0.0399. The van der Waals surface area contributed by atoms with E-state index >= 15 is 0 Å². The number of rotatable bonds is 13. The number of benzene rings is 1. The van der Waals surface area contributed by atoms with Crippen LogP contribution >= 0.6 is 11.3 Å². The van der Waals surface area contributed by atoms with Crippen molar-refractivity contribution in [3.8, 4) is 5.88 Å². The zero-order valence-electron chi connectivity index (χ0n) is 25.3. The molecule has 2 fully saturated rings. The molecule has 2 aromatic heterocycles. The van der Waals surface area contributed by atoms with Crippen LogP contribution in [0.25, 0.3) is 10.3 Å². The number of amides is 1. The summed E-state index contributed by atoms with van der Waals surface area (Å²) in [5, 5.41) is 3.51. The van der Waals surface area contributed by atoms with Gasteiger partial charge in [0, 0.05) is 32.4 Å². The minimum Gasteiger partial charge on any atom is -0.481 e. The molecule has 0 bridgehead atoms. The van der Waals surface area contributed by atoms with Crippen LogP contribution in [-0.2, 0) is 19.6 Å². The number of hydrogen-bond acceptors (Lipinski definition) is 9. The van der Waals surface area contributed by atoms with Gasteiger partial charge in [-0.15, -0.1) is 0 Å². The number of carbonyl (C=O) groups is 1. The maximum atomic E-state index is 13.9. The predicted octanol–water partition coefficient (Wildman–Crippen LogP) is 5.12. The molecule has 1 N–H and O–H groups in total. The number of thiazole rings is 1. The Labute approximate surface area is 258 Å². The normalized spacial score (nSPS) is 18.0. The third-order valence-corrected chi connectivity index (χ3v) is 11.6. The lowest BCUT2D eigenvalue weighted by atomic mass is 9.87. The average molecular weight is 630 g/mol. The Bertz CT molecular complexity index is 1470. The van der Waals surface area contributed by atoms with E-state index in [4.69, 9.17) is 9.47 Å². The van der Waals surface area contributed by atoms with Crippen LogP contribution in [0.5, 0.6) is 5.88 Å². The van der Waals surface area contributed by atoms with Crippen LogP contribution in [0.15, 0.2) is 41.3 Å². The number of methoxy groups -OCH3 is 2. The predicted molar refractivity (Wildman–Crippen MR) is 169 cm³/mol. The largest absolute Gasteiger partial charge is 0.481 e. The van der Waals surface area contributed by atoms with E-state index in [0.717, 1.165) is 44.3 Å². The molecule has 1 atom stereocenters. The Morgan fingerprint density at radius 2 is 1.79 bits per heavy atom. The minimum atomic E-state index is -3.72. The Kier molecular flexibility index (Phi) is 10.7. The van der Waals surface area contributed by atoms with Gasteiger partial charge < -0.3 is 19.7 Å². The summed E-state index contributed by atoms with van der Waals surface area (Å²) in [6.45, 7) is 2.67. The summed E-state index contributed by atoms with van der Waals surface area (Å²) in [7, 11) is 1.55. The van der Waals surface area contributed by atoms with Crippen LogP contribution in [0.4, 0.5) is 5.13 Å². The van der Waals surface area contributed by atoms with Gasteiger partial charge in [-0.3, -0.25) is 4.79 Å². The van der Waals surface area contributed by atoms with Gasteiger partial charge in [0.15, 0.2) is 5.13 Å². The smallest absolute Gasteiger partial charge is 0.243 e. The van der Waals surface area contributed by atoms with Crippen molar-refractivity contribution < 1.29 is 22.7 Å². The summed E-state index contributed by atoms with van der Waals surface area (Å²) < 4.78 is 40.0. The van der Waals surface area contributed by atoms with E-state index in [1.807, 2.05) is 18.2 Å². The van der Waals surface area contributed by atoms with Crippen LogP contribution in [-0.4, -0.2) is 87.0 Å². The molecule has 3 heterocycles. The second kappa shape index (κ2) is 14.4. The third-order valence-electron chi connectivity index (χ3n) is 8.74. The number of pyridine rings is 1. The van der Waals surface area contributed by atoms with Crippen molar-refractivity contribution in [2.24, 2.45) is 5.92 Å². The number of aromatic nitrogens is 2. The number of piperidine rings is 1. The average Bonchev–Trinajstić information content (AvgIpc) is 3.67. The van der Waals surface area contributed by atoms with E-state index in [1.165, 1.54) is 24.2 Å². The van der Waals surface area contributed by atoms with E-state index in [1.54, 1.807) is 36.7 Å². The summed E-state index contributed by atoms with van der Waals surface area (Å²) in [6.07, 6.45) is 7.53. The summed E-state index contributed by atoms with van der Waals surface area (Å²) in [5.74, 6) is 0.402. The van der Waals surface area contributed by atoms with Crippen LogP contribution in [0.1, 0.15) is 62.8 Å². The first-order chi connectivity index (χ1) is 20.8. The van der Waals surface area contributed by atoms with Crippen molar-refractivity contribution in [2.45, 2.75) is 68.2 Å². The van der Waals surface area contributed by atoms with Gasteiger partial charge in [0.05, 0.1) is 17.9 Å². The van der Waals surface area contributed by atoms with Crippen molar-refractivity contribution in [3.05, 3.63) is 42.0 Å². The zero-order valence-corrected chi connectivity index (χ0v) is 27.0. The maximum Gasteiger partial charge on any atom is 0.243 e. The van der Waals surface area contributed by atoms with Gasteiger partial charge in [0.25, 0.3) is 0 Å². The van der Waals surface area contributed by atoms with Gasteiger partial charge in [-0.1, -0.05) is 49.2 Å². The number of nitrogens with zero attached hydrogens (tertiary/aromatic N) is 4. The molecule has 1 unspecified atom stereocenters. The molecule has 1 aromatic carbocycles. The first-order valence-corrected chi connectivity index (χ1v) is 17.5. The highest BCUT2D eigenvalue weighted by Crippen LogP contribution is 2.36. The third kappa shape index (κ3) is 7.72. The van der Waals surface area contributed by atoms with Gasteiger partial charge in [-0.2, -0.15) is 4.31 Å². The number of likely N-dealkylation sites (tertiary alicyclic amines) is 1. The quantitative estimate of drug-likeness (QED) is 0.259. The lowest BCUT2D eigenvalue weighted by molar-refractivity contribution is -0.118. The monoisotopic (exact) mass is 629 g/mol. The Hall–Kier alpha value is -2.64. The zero-order chi connectivity index (χ0) is 30.4. The van der Waals surface area contributed by atoms with Gasteiger partial charge >= 0.3 is 0 Å². The van der Waals surface area contributed by atoms with E-state index in [0.29, 0.717) is 53.3 Å². The van der Waals surface area contributed by atoms with Crippen LogP contribution < -0.4 is 10.1 Å². The van der Waals surface area contributed by atoms with Gasteiger partial charge in [0.1, 0.15) is 10.3 Å². The molecule has 0 radical (unpaired) electrons. The highest BCUT2D eigenvalue weighted by molar-refractivity contribution is 7.89. The highest BCUT2D eigenvalue weighted by atomic mass is 32.2. The second-order valence-electron chi connectivity index (χ2n) is 11.7. The Balaban J connectivity index is 1.37. The first-order valence-electron chi connectivity index (χ1n) is 15.2. The van der Waals surface area contributed by atoms with Gasteiger partial charge in [-0.25, -0.2) is 18.4 Å². The highest BCUT2D eigenvalue weighted by Gasteiger charge is 2.34. The molecule has 1 saturated carbocycles. The molecular formula is C31H43N5O5S2. The second-order valence-corrected chi connectivity index (χ2v) is 14.6. The number of sulfonamides is 1. The molecule has 1 aliphatic carbocycles. The molecule has 43 heavy (non-hydrogen) atoms. The fraction of sp³-hybridized carbons (Fsp3) is 0.581. The fourth-order valence-electron chi connectivity index (χ4n) is 6.29. The van der Waals surface area contributed by atoms with Gasteiger partial charge in [-0.05, 0) is 75.5 Å². The van der Waals surface area contributed by atoms with Crippen molar-refractivity contribution >= 4 is 42.7 Å². The molecule has 10 nitrogen and oxygen atoms in total. The molecule has 1 aliphatic heterocycles. The number of anilines is 1. The van der Waals surface area contributed by atoms with Crippen molar-refractivity contribution in [2.75, 3.05) is 52.8 Å². The van der Waals surface area contributed by atoms with Crippen LogP contribution in [0, 0.1) is 5.92 Å². The molecule has 1 saturated heterocycles. The standard InChI is InChI=1S/C31H43N5O5S2/c1-35-18-15-24(16-19-35)36(17-6-20-40-2)43(38,39)25-11-9-23(10-12-25)26(21-22-7-4-5-8-22)29(37)34-31-32-27-13-14-28(41-3)33-30(27)42-31/h9-14,22,24,26H,4-8,15-21H2,1-3H3,(H,32,34,37). The van der Waals surface area contributed by atoms with E-state index < -0.39 is 15.9 Å². The number of fused-ring (bicyclic) bond motifs is 1. The molecule has 2 aliphatic rings. The lowest BCUT2D eigenvalue weighted by Crippen LogP contribution is -2.47. The SMILES string of the molecule is COCCCN(C1CCN(C)CC1)S(=O)(=O)c1ccc(C(CC2CCCC2)C(=O)Nc2nc3ccc(OC)nc3s2)cc1. The molecule has 3 aromatic rings. The van der Waals surface area contributed by atoms with Crippen molar-refractivity contribution in [1.82, 2.24) is 19.2 Å². The number of carbonyl (C=O) groups excluding carboxylic acids is 1. The summed E-state index contributed by atoms with van der Waals surface area (Å²) in [6, 6.07) is 10.5. The van der Waals surface area contributed by atoms with Crippen LogP contribution in [0.2, 0.25) is 0 Å². The molecule has 5 rings (SSSR count). The van der Waals surface area contributed by atoms with Crippen molar-refractivity contribution in [1.29, 1.82) is 0 Å². The van der Waals surface area contributed by atoms with E-state index in [-0.39, 0.29) is 16.8 Å². The molecule has 1 amide bonds. The van der Waals surface area contributed by atoms with Gasteiger partial charge in [0.2, 0.25) is 21.8 Å². The number of hydrogen-bond donors (Lipinski definition) is 1. The summed E-state index contributed by atoms with van der Waals surface area (Å²) >= 11 is 1.31. The van der Waals surface area contributed by atoms with Crippen LogP contribution in [0.3, 0.4) is 0 Å². The Morgan fingerprint density at radius 1 is 1.07 bits per heavy atom. The van der Waals surface area contributed by atoms with Crippen molar-refractivity contribution in [3.63, 3.8) is 0 Å². The number of ether oxygens (including phenoxy) is 2. The first kappa shape index (κ1) is 31.8. The van der Waals surface area contributed by atoms with E-state index in [2.05, 4.69) is 27.2 Å². The molecule has 0 spiro atoms. The lowest BCUT2D eigenvalue weighted by Gasteiger charge is -2.36.